The van der Waals surface area contributed by atoms with Gasteiger partial charge in [-0.2, -0.15) is 0 Å². The van der Waals surface area contributed by atoms with Crippen LogP contribution in [0.15, 0.2) is 56.2 Å². The van der Waals surface area contributed by atoms with Gasteiger partial charge in [0, 0.05) is 17.7 Å². The molecule has 0 saturated carbocycles. The first-order valence-corrected chi connectivity index (χ1v) is 9.45. The molecular weight excluding hydrogens is 400 g/mol. The number of ether oxygens (including phenoxy) is 2. The normalized spacial score (nSPS) is 10.8. The van der Waals surface area contributed by atoms with E-state index in [1.165, 1.54) is 13.2 Å². The number of carbonyl (C=O) groups excluding carboxylic acids is 1. The van der Waals surface area contributed by atoms with Gasteiger partial charge in [-0.25, -0.2) is 0 Å². The molecule has 8 nitrogen and oxygen atoms in total. The van der Waals surface area contributed by atoms with Gasteiger partial charge in [-0.15, -0.1) is 0 Å². The predicted molar refractivity (Wildman–Crippen MR) is 115 cm³/mol. The Morgan fingerprint density at radius 2 is 1.77 bits per heavy atom. The Labute approximate surface area is 177 Å². The number of anilines is 1. The minimum atomic E-state index is -0.617. The van der Waals surface area contributed by atoms with Gasteiger partial charge in [0.1, 0.15) is 11.3 Å². The molecule has 1 amide bonds. The van der Waals surface area contributed by atoms with Crippen LogP contribution in [0.25, 0.3) is 22.2 Å². The summed E-state index contributed by atoms with van der Waals surface area (Å²) < 4.78 is 21.5. The van der Waals surface area contributed by atoms with E-state index < -0.39 is 5.91 Å². The number of carbonyl (C=O) groups is 1. The SMILES string of the molecule is COc1ccc(-c2cc(NC(=O)c3cc(=O)c4cc(C)cc(C)c4o3)on2)cc1OC. The molecule has 0 atom stereocenters. The number of benzene rings is 2. The van der Waals surface area contributed by atoms with Crippen LogP contribution in [-0.2, 0) is 0 Å². The number of methoxy groups -OCH3 is 2. The van der Waals surface area contributed by atoms with Crippen LogP contribution in [-0.4, -0.2) is 25.3 Å². The average Bonchev–Trinajstić information content (AvgIpc) is 3.22. The predicted octanol–water partition coefficient (Wildman–Crippen LogP) is 4.33. The van der Waals surface area contributed by atoms with Crippen LogP contribution >= 0.6 is 0 Å². The Hall–Kier alpha value is -4.07. The maximum absolute atomic E-state index is 12.6. The van der Waals surface area contributed by atoms with E-state index in [1.54, 1.807) is 37.4 Å². The van der Waals surface area contributed by atoms with Crippen molar-refractivity contribution in [1.82, 2.24) is 5.16 Å². The summed E-state index contributed by atoms with van der Waals surface area (Å²) in [5.41, 5.74) is 3.01. The summed E-state index contributed by atoms with van der Waals surface area (Å²) in [6.07, 6.45) is 0. The molecule has 0 bridgehead atoms. The van der Waals surface area contributed by atoms with E-state index in [-0.39, 0.29) is 17.1 Å². The van der Waals surface area contributed by atoms with Crippen molar-refractivity contribution in [2.45, 2.75) is 13.8 Å². The zero-order valence-corrected chi connectivity index (χ0v) is 17.4. The molecule has 2 aromatic heterocycles. The molecule has 0 aliphatic rings. The highest BCUT2D eigenvalue weighted by atomic mass is 16.5. The van der Waals surface area contributed by atoms with Gasteiger partial charge < -0.3 is 18.4 Å². The number of nitrogens with one attached hydrogen (secondary N) is 1. The van der Waals surface area contributed by atoms with Crippen molar-refractivity contribution < 1.29 is 23.2 Å². The Balaban J connectivity index is 1.61. The number of hydrogen-bond acceptors (Lipinski definition) is 7. The fraction of sp³-hybridized carbons (Fsp3) is 0.174. The minimum absolute atomic E-state index is 0.109. The molecular formula is C23H20N2O6. The largest absolute Gasteiger partial charge is 0.493 e. The molecule has 158 valence electrons. The van der Waals surface area contributed by atoms with Crippen molar-refractivity contribution in [3.63, 3.8) is 0 Å². The zero-order chi connectivity index (χ0) is 22.1. The topological polar surface area (TPSA) is 104 Å². The van der Waals surface area contributed by atoms with Crippen LogP contribution < -0.4 is 20.2 Å². The summed E-state index contributed by atoms with van der Waals surface area (Å²) in [7, 11) is 3.09. The van der Waals surface area contributed by atoms with Gasteiger partial charge in [0.15, 0.2) is 22.7 Å². The molecule has 2 aromatic carbocycles. The monoisotopic (exact) mass is 420 g/mol. The number of hydrogen-bond donors (Lipinski definition) is 1. The standard InChI is InChI=1S/C23H20N2O6/c1-12-7-13(2)22-15(8-12)17(26)11-20(30-22)23(27)24-21-10-16(25-31-21)14-5-6-18(28-3)19(9-14)29-4/h5-11H,1-4H3,(H,24,27). The van der Waals surface area contributed by atoms with Gasteiger partial charge in [0.25, 0.3) is 5.91 Å². The molecule has 31 heavy (non-hydrogen) atoms. The summed E-state index contributed by atoms with van der Waals surface area (Å²) >= 11 is 0. The molecule has 4 rings (SSSR count). The lowest BCUT2D eigenvalue weighted by Gasteiger charge is -2.07. The Kier molecular flexibility index (Phi) is 5.21. The third kappa shape index (κ3) is 3.87. The van der Waals surface area contributed by atoms with Crippen molar-refractivity contribution in [3.8, 4) is 22.8 Å². The van der Waals surface area contributed by atoms with Crippen LogP contribution in [0.5, 0.6) is 11.5 Å². The molecule has 0 radical (unpaired) electrons. The third-order valence-corrected chi connectivity index (χ3v) is 4.81. The number of rotatable bonds is 5. The second-order valence-electron chi connectivity index (χ2n) is 7.03. The Bertz CT molecular complexity index is 1350. The summed E-state index contributed by atoms with van der Waals surface area (Å²) in [5, 5.41) is 6.98. The van der Waals surface area contributed by atoms with Gasteiger partial charge in [0.2, 0.25) is 5.88 Å². The fourth-order valence-electron chi connectivity index (χ4n) is 3.36. The fourth-order valence-corrected chi connectivity index (χ4v) is 3.36. The first-order valence-electron chi connectivity index (χ1n) is 9.45. The van der Waals surface area contributed by atoms with Crippen molar-refractivity contribution in [1.29, 1.82) is 0 Å². The molecule has 2 heterocycles. The van der Waals surface area contributed by atoms with E-state index in [0.717, 1.165) is 11.1 Å². The van der Waals surface area contributed by atoms with E-state index >= 15 is 0 Å². The second kappa shape index (κ2) is 7.98. The number of aryl methyl sites for hydroxylation is 2. The summed E-state index contributed by atoms with van der Waals surface area (Å²) in [6.45, 7) is 3.72. The Morgan fingerprint density at radius 1 is 1.00 bits per heavy atom. The molecule has 0 aliphatic carbocycles. The van der Waals surface area contributed by atoms with E-state index in [0.29, 0.717) is 33.7 Å². The average molecular weight is 420 g/mol. The van der Waals surface area contributed by atoms with Crippen LogP contribution in [0.1, 0.15) is 21.7 Å². The van der Waals surface area contributed by atoms with Gasteiger partial charge in [-0.05, 0) is 49.2 Å². The quantitative estimate of drug-likeness (QED) is 0.512. The number of nitrogens with zero attached hydrogens (tertiary/aromatic N) is 1. The molecule has 0 saturated heterocycles. The van der Waals surface area contributed by atoms with Crippen molar-refractivity contribution in [2.24, 2.45) is 0 Å². The number of fused-ring (bicyclic) bond motifs is 1. The minimum Gasteiger partial charge on any atom is -0.493 e. The summed E-state index contributed by atoms with van der Waals surface area (Å²) in [5.74, 6) is 0.498. The van der Waals surface area contributed by atoms with Gasteiger partial charge in [0.05, 0.1) is 19.6 Å². The molecule has 0 fully saturated rings. The maximum Gasteiger partial charge on any atom is 0.293 e. The van der Waals surface area contributed by atoms with Crippen LogP contribution in [0, 0.1) is 13.8 Å². The van der Waals surface area contributed by atoms with Crippen molar-refractivity contribution >= 4 is 22.8 Å². The van der Waals surface area contributed by atoms with Crippen LogP contribution in [0.4, 0.5) is 5.88 Å². The molecule has 8 heteroatoms. The smallest absolute Gasteiger partial charge is 0.293 e. The first kappa shape index (κ1) is 20.2. The highest BCUT2D eigenvalue weighted by Crippen LogP contribution is 2.32. The zero-order valence-electron chi connectivity index (χ0n) is 17.4. The molecule has 0 unspecified atom stereocenters. The molecule has 4 aromatic rings. The maximum atomic E-state index is 12.6. The van der Waals surface area contributed by atoms with Crippen molar-refractivity contribution in [3.05, 3.63) is 69.6 Å². The van der Waals surface area contributed by atoms with Crippen LogP contribution in [0.2, 0.25) is 0 Å². The molecule has 1 N–H and O–H groups in total. The Morgan fingerprint density at radius 3 is 2.52 bits per heavy atom. The highest BCUT2D eigenvalue weighted by molar-refractivity contribution is 6.02. The lowest BCUT2D eigenvalue weighted by molar-refractivity contribution is 0.0994. The molecule has 0 aliphatic heterocycles. The van der Waals surface area contributed by atoms with Gasteiger partial charge in [-0.3, -0.25) is 14.9 Å². The summed E-state index contributed by atoms with van der Waals surface area (Å²) in [4.78, 5) is 25.1. The van der Waals surface area contributed by atoms with E-state index in [4.69, 9.17) is 18.4 Å². The number of amides is 1. The van der Waals surface area contributed by atoms with E-state index in [1.807, 2.05) is 19.9 Å². The van der Waals surface area contributed by atoms with Gasteiger partial charge >= 0.3 is 0 Å². The first-order chi connectivity index (χ1) is 14.9. The number of aromatic nitrogens is 1. The van der Waals surface area contributed by atoms with E-state index in [2.05, 4.69) is 10.5 Å². The van der Waals surface area contributed by atoms with Crippen molar-refractivity contribution in [2.75, 3.05) is 19.5 Å². The lowest BCUT2D eigenvalue weighted by atomic mass is 10.1. The van der Waals surface area contributed by atoms with Gasteiger partial charge in [-0.1, -0.05) is 11.2 Å². The summed E-state index contributed by atoms with van der Waals surface area (Å²) in [6, 6.07) is 11.6. The van der Waals surface area contributed by atoms with E-state index in [9.17, 15) is 9.59 Å². The third-order valence-electron chi connectivity index (χ3n) is 4.81. The lowest BCUT2D eigenvalue weighted by Crippen LogP contribution is -2.15. The van der Waals surface area contributed by atoms with Crippen LogP contribution in [0.3, 0.4) is 0 Å². The molecule has 0 spiro atoms. The second-order valence-corrected chi connectivity index (χ2v) is 7.03. The highest BCUT2D eigenvalue weighted by Gasteiger charge is 2.17.